The number of amides is 1. The van der Waals surface area contributed by atoms with Crippen molar-refractivity contribution in [3.63, 3.8) is 0 Å². The van der Waals surface area contributed by atoms with E-state index in [0.29, 0.717) is 17.7 Å². The van der Waals surface area contributed by atoms with Crippen molar-refractivity contribution in [1.82, 2.24) is 10.2 Å². The average Bonchev–Trinajstić information content (AvgIpc) is 3.03. The molecule has 2 atom stereocenters. The van der Waals surface area contributed by atoms with Gasteiger partial charge < -0.3 is 9.64 Å². The molecule has 1 aliphatic carbocycles. The number of hydrogen-bond acceptors (Lipinski definition) is 3. The zero-order valence-corrected chi connectivity index (χ0v) is 13.2. The molecule has 2 unspecified atom stereocenters. The van der Waals surface area contributed by atoms with Crippen molar-refractivity contribution < 1.29 is 9.53 Å². The van der Waals surface area contributed by atoms with E-state index >= 15 is 0 Å². The van der Waals surface area contributed by atoms with Crippen LogP contribution in [0.2, 0.25) is 0 Å². The van der Waals surface area contributed by atoms with Crippen LogP contribution in [0.3, 0.4) is 0 Å². The van der Waals surface area contributed by atoms with Crippen molar-refractivity contribution in [3.8, 4) is 0 Å². The highest BCUT2D eigenvalue weighted by Gasteiger charge is 2.43. The largest absolute Gasteiger partial charge is 0.385 e. The molecule has 0 radical (unpaired) electrons. The van der Waals surface area contributed by atoms with Gasteiger partial charge in [-0.15, -0.1) is 0 Å². The van der Waals surface area contributed by atoms with Gasteiger partial charge in [0, 0.05) is 20.3 Å². The third kappa shape index (κ3) is 3.53. The molecule has 1 amide bonds. The molecule has 1 saturated heterocycles. The number of ether oxygens (including phenoxy) is 1. The van der Waals surface area contributed by atoms with E-state index in [-0.39, 0.29) is 12.2 Å². The summed E-state index contributed by atoms with van der Waals surface area (Å²) in [5.41, 5.74) is 0. The molecular formula is C16H30N2O2. The van der Waals surface area contributed by atoms with Crippen molar-refractivity contribution in [2.45, 2.75) is 64.6 Å². The minimum atomic E-state index is 0.0167. The highest BCUT2D eigenvalue weighted by molar-refractivity contribution is 5.84. The Hall–Kier alpha value is -0.610. The SMILES string of the molecule is COCCCCN1C(=O)C(C(C)C)NC1C1CCCC1. The van der Waals surface area contributed by atoms with Crippen LogP contribution in [0.25, 0.3) is 0 Å². The Balaban J connectivity index is 1.96. The van der Waals surface area contributed by atoms with Gasteiger partial charge in [-0.25, -0.2) is 0 Å². The second-order valence-corrected chi connectivity index (χ2v) is 6.61. The van der Waals surface area contributed by atoms with Crippen LogP contribution in [0.5, 0.6) is 0 Å². The summed E-state index contributed by atoms with van der Waals surface area (Å²) in [6.45, 7) is 5.93. The molecule has 1 saturated carbocycles. The molecule has 0 spiro atoms. The maximum Gasteiger partial charge on any atom is 0.241 e. The minimum Gasteiger partial charge on any atom is -0.385 e. The quantitative estimate of drug-likeness (QED) is 0.729. The highest BCUT2D eigenvalue weighted by Crippen LogP contribution is 2.33. The van der Waals surface area contributed by atoms with Gasteiger partial charge in [-0.2, -0.15) is 0 Å². The summed E-state index contributed by atoms with van der Waals surface area (Å²) >= 11 is 0. The average molecular weight is 282 g/mol. The van der Waals surface area contributed by atoms with Gasteiger partial charge in [0.25, 0.3) is 0 Å². The van der Waals surface area contributed by atoms with E-state index in [1.165, 1.54) is 25.7 Å². The normalized spacial score (nSPS) is 28.0. The molecule has 2 aliphatic rings. The summed E-state index contributed by atoms with van der Waals surface area (Å²) in [6.07, 6.45) is 7.52. The number of carbonyl (C=O) groups is 1. The Morgan fingerprint density at radius 1 is 1.30 bits per heavy atom. The first-order valence-corrected chi connectivity index (χ1v) is 8.20. The Morgan fingerprint density at radius 3 is 2.60 bits per heavy atom. The van der Waals surface area contributed by atoms with Crippen LogP contribution in [0.4, 0.5) is 0 Å². The van der Waals surface area contributed by atoms with Gasteiger partial charge in [-0.05, 0) is 37.5 Å². The molecule has 2 fully saturated rings. The van der Waals surface area contributed by atoms with Crippen LogP contribution >= 0.6 is 0 Å². The summed E-state index contributed by atoms with van der Waals surface area (Å²) in [4.78, 5) is 14.7. The van der Waals surface area contributed by atoms with Crippen LogP contribution in [0.1, 0.15) is 52.4 Å². The second kappa shape index (κ2) is 7.41. The first-order valence-electron chi connectivity index (χ1n) is 8.20. The van der Waals surface area contributed by atoms with Crippen LogP contribution in [-0.2, 0) is 9.53 Å². The van der Waals surface area contributed by atoms with E-state index in [1.54, 1.807) is 7.11 Å². The molecule has 116 valence electrons. The maximum atomic E-state index is 12.6. The fraction of sp³-hybridized carbons (Fsp3) is 0.938. The van der Waals surface area contributed by atoms with E-state index < -0.39 is 0 Å². The van der Waals surface area contributed by atoms with Gasteiger partial charge >= 0.3 is 0 Å². The maximum absolute atomic E-state index is 12.6. The smallest absolute Gasteiger partial charge is 0.241 e. The Kier molecular flexibility index (Phi) is 5.85. The third-order valence-corrected chi connectivity index (χ3v) is 4.75. The van der Waals surface area contributed by atoms with Crippen molar-refractivity contribution in [2.75, 3.05) is 20.3 Å². The van der Waals surface area contributed by atoms with Crippen molar-refractivity contribution in [1.29, 1.82) is 0 Å². The molecular weight excluding hydrogens is 252 g/mol. The number of carbonyl (C=O) groups excluding carboxylic acids is 1. The molecule has 1 aliphatic heterocycles. The van der Waals surface area contributed by atoms with Crippen molar-refractivity contribution in [2.24, 2.45) is 11.8 Å². The number of nitrogens with zero attached hydrogens (tertiary/aromatic N) is 1. The van der Waals surface area contributed by atoms with Crippen LogP contribution < -0.4 is 5.32 Å². The molecule has 0 aromatic rings. The highest BCUT2D eigenvalue weighted by atomic mass is 16.5. The lowest BCUT2D eigenvalue weighted by Crippen LogP contribution is -2.43. The molecule has 1 heterocycles. The fourth-order valence-corrected chi connectivity index (χ4v) is 3.58. The van der Waals surface area contributed by atoms with E-state index in [4.69, 9.17) is 4.74 Å². The molecule has 20 heavy (non-hydrogen) atoms. The first-order chi connectivity index (χ1) is 9.65. The van der Waals surface area contributed by atoms with Crippen LogP contribution in [0.15, 0.2) is 0 Å². The second-order valence-electron chi connectivity index (χ2n) is 6.61. The van der Waals surface area contributed by atoms with Gasteiger partial charge in [0.1, 0.15) is 0 Å². The molecule has 0 aromatic heterocycles. The third-order valence-electron chi connectivity index (χ3n) is 4.75. The topological polar surface area (TPSA) is 41.6 Å². The van der Waals surface area contributed by atoms with Gasteiger partial charge in [-0.1, -0.05) is 26.7 Å². The minimum absolute atomic E-state index is 0.0167. The van der Waals surface area contributed by atoms with Gasteiger partial charge in [-0.3, -0.25) is 10.1 Å². The van der Waals surface area contributed by atoms with Crippen LogP contribution in [-0.4, -0.2) is 43.3 Å². The Morgan fingerprint density at radius 2 is 2.00 bits per heavy atom. The number of unbranched alkanes of at least 4 members (excludes halogenated alkanes) is 1. The van der Waals surface area contributed by atoms with Crippen molar-refractivity contribution in [3.05, 3.63) is 0 Å². The zero-order valence-electron chi connectivity index (χ0n) is 13.2. The molecule has 4 nitrogen and oxygen atoms in total. The summed E-state index contributed by atoms with van der Waals surface area (Å²) in [6, 6.07) is 0.0167. The number of methoxy groups -OCH3 is 1. The zero-order chi connectivity index (χ0) is 14.5. The molecule has 0 bridgehead atoms. The van der Waals surface area contributed by atoms with Gasteiger partial charge in [0.2, 0.25) is 5.91 Å². The van der Waals surface area contributed by atoms with E-state index in [9.17, 15) is 4.79 Å². The predicted octanol–water partition coefficient (Wildman–Crippen LogP) is 2.39. The molecule has 0 aromatic carbocycles. The predicted molar refractivity (Wildman–Crippen MR) is 80.3 cm³/mol. The summed E-state index contributed by atoms with van der Waals surface area (Å²) in [5, 5.41) is 3.62. The van der Waals surface area contributed by atoms with Crippen LogP contribution in [0, 0.1) is 11.8 Å². The number of rotatable bonds is 7. The standard InChI is InChI=1S/C16H30N2O2/c1-12(2)14-16(19)18(10-6-7-11-20-3)15(17-14)13-8-4-5-9-13/h12-15,17H,4-11H2,1-3H3. The number of nitrogens with one attached hydrogen (secondary N) is 1. The van der Waals surface area contributed by atoms with E-state index in [2.05, 4.69) is 24.1 Å². The summed E-state index contributed by atoms with van der Waals surface area (Å²) < 4.78 is 5.10. The first kappa shape index (κ1) is 15.8. The molecule has 2 rings (SSSR count). The Bertz CT molecular complexity index is 314. The lowest BCUT2D eigenvalue weighted by atomic mass is 10.0. The van der Waals surface area contributed by atoms with E-state index in [1.807, 2.05) is 0 Å². The lowest BCUT2D eigenvalue weighted by Gasteiger charge is -2.29. The van der Waals surface area contributed by atoms with Gasteiger partial charge in [0.15, 0.2) is 0 Å². The fourth-order valence-electron chi connectivity index (χ4n) is 3.58. The van der Waals surface area contributed by atoms with E-state index in [0.717, 1.165) is 26.0 Å². The van der Waals surface area contributed by atoms with Crippen molar-refractivity contribution >= 4 is 5.91 Å². The molecule has 4 heteroatoms. The lowest BCUT2D eigenvalue weighted by molar-refractivity contribution is -0.131. The Labute approximate surface area is 123 Å². The summed E-state index contributed by atoms with van der Waals surface area (Å²) in [5.74, 6) is 1.34. The summed E-state index contributed by atoms with van der Waals surface area (Å²) in [7, 11) is 1.73. The number of hydrogen-bond donors (Lipinski definition) is 1. The monoisotopic (exact) mass is 282 g/mol. The van der Waals surface area contributed by atoms with Gasteiger partial charge in [0.05, 0.1) is 12.2 Å². The molecule has 1 N–H and O–H groups in total.